The van der Waals surface area contributed by atoms with E-state index in [1.165, 1.54) is 6.08 Å². The molecule has 148 valence electrons. The fraction of sp³-hybridized carbons (Fsp3) is 0.381. The van der Waals surface area contributed by atoms with E-state index in [1.807, 2.05) is 30.5 Å². The second-order valence-electron chi connectivity index (χ2n) is 6.88. The molecular weight excluding hydrogens is 354 g/mol. The first-order valence-electron chi connectivity index (χ1n) is 9.58. The zero-order valence-electron chi connectivity index (χ0n) is 16.2. The van der Waals surface area contributed by atoms with Gasteiger partial charge in [-0.2, -0.15) is 0 Å². The molecule has 2 heterocycles. The van der Waals surface area contributed by atoms with E-state index in [-0.39, 0.29) is 19.1 Å². The standard InChI is InChI=1S/C21H27N5O2/c1-25-9-3-10-26(12-11-25)20-16-22-15-19(24-20)18-5-2-4-17(14-18)6-7-21(28)23-8-13-27/h2,4-7,14-16,27H,3,8-13H2,1H3,(H,23,28)/b7-6+. The van der Waals surface area contributed by atoms with Crippen LogP contribution in [0.2, 0.25) is 0 Å². The van der Waals surface area contributed by atoms with Crippen molar-refractivity contribution in [1.82, 2.24) is 20.2 Å². The number of benzene rings is 1. The number of likely N-dealkylation sites (N-methyl/N-ethyl adjacent to an activating group) is 1. The molecule has 0 aliphatic carbocycles. The van der Waals surface area contributed by atoms with Crippen LogP contribution in [0.25, 0.3) is 17.3 Å². The third-order valence-corrected chi connectivity index (χ3v) is 4.69. The highest BCUT2D eigenvalue weighted by molar-refractivity contribution is 5.91. The lowest BCUT2D eigenvalue weighted by Gasteiger charge is -2.21. The molecule has 0 spiro atoms. The van der Waals surface area contributed by atoms with Crippen molar-refractivity contribution >= 4 is 17.8 Å². The highest BCUT2D eigenvalue weighted by Crippen LogP contribution is 2.21. The molecule has 1 aliphatic heterocycles. The molecule has 7 heteroatoms. The molecule has 0 unspecified atom stereocenters. The van der Waals surface area contributed by atoms with E-state index in [2.05, 4.69) is 27.1 Å². The summed E-state index contributed by atoms with van der Waals surface area (Å²) in [6, 6.07) is 7.85. The highest BCUT2D eigenvalue weighted by atomic mass is 16.3. The number of nitrogens with zero attached hydrogens (tertiary/aromatic N) is 4. The summed E-state index contributed by atoms with van der Waals surface area (Å²) in [6.07, 6.45) is 7.91. The minimum Gasteiger partial charge on any atom is -0.395 e. The maximum Gasteiger partial charge on any atom is 0.244 e. The van der Waals surface area contributed by atoms with Gasteiger partial charge in [-0.05, 0) is 37.7 Å². The van der Waals surface area contributed by atoms with Gasteiger partial charge in [0.2, 0.25) is 5.91 Å². The van der Waals surface area contributed by atoms with Crippen molar-refractivity contribution in [1.29, 1.82) is 0 Å². The lowest BCUT2D eigenvalue weighted by atomic mass is 10.1. The molecule has 1 fully saturated rings. The van der Waals surface area contributed by atoms with Crippen LogP contribution in [0.5, 0.6) is 0 Å². The SMILES string of the molecule is CN1CCCN(c2cncc(-c3cccc(/C=C/C(=O)NCCO)c3)n2)CC1. The van der Waals surface area contributed by atoms with Gasteiger partial charge in [-0.15, -0.1) is 0 Å². The van der Waals surface area contributed by atoms with E-state index < -0.39 is 0 Å². The Balaban J connectivity index is 1.75. The summed E-state index contributed by atoms with van der Waals surface area (Å²) in [6.45, 7) is 4.22. The Kier molecular flexibility index (Phi) is 7.11. The van der Waals surface area contributed by atoms with Gasteiger partial charge in [-0.3, -0.25) is 9.78 Å². The molecule has 1 amide bonds. The average molecular weight is 381 g/mol. The van der Waals surface area contributed by atoms with Gasteiger partial charge in [0.25, 0.3) is 0 Å². The van der Waals surface area contributed by atoms with E-state index in [1.54, 1.807) is 12.3 Å². The van der Waals surface area contributed by atoms with Gasteiger partial charge in [-0.25, -0.2) is 4.98 Å². The molecule has 0 atom stereocenters. The molecule has 1 saturated heterocycles. The van der Waals surface area contributed by atoms with Crippen LogP contribution in [0.4, 0.5) is 5.82 Å². The van der Waals surface area contributed by atoms with Crippen molar-refractivity contribution in [3.8, 4) is 11.3 Å². The first-order chi connectivity index (χ1) is 13.7. The molecule has 28 heavy (non-hydrogen) atoms. The normalized spacial score (nSPS) is 15.6. The Hall–Kier alpha value is -2.77. The summed E-state index contributed by atoms with van der Waals surface area (Å²) >= 11 is 0. The Morgan fingerprint density at radius 3 is 3.00 bits per heavy atom. The van der Waals surface area contributed by atoms with E-state index in [0.717, 1.165) is 55.2 Å². The molecule has 7 nitrogen and oxygen atoms in total. The summed E-state index contributed by atoms with van der Waals surface area (Å²) in [5.41, 5.74) is 2.68. The lowest BCUT2D eigenvalue weighted by Crippen LogP contribution is -2.29. The summed E-state index contributed by atoms with van der Waals surface area (Å²) < 4.78 is 0. The van der Waals surface area contributed by atoms with Crippen LogP contribution >= 0.6 is 0 Å². The maximum atomic E-state index is 11.7. The third kappa shape index (κ3) is 5.61. The third-order valence-electron chi connectivity index (χ3n) is 4.69. The zero-order valence-corrected chi connectivity index (χ0v) is 16.2. The van der Waals surface area contributed by atoms with Gasteiger partial charge in [0.1, 0.15) is 5.82 Å². The molecule has 2 aromatic rings. The summed E-state index contributed by atoms with van der Waals surface area (Å²) in [5, 5.41) is 11.3. The summed E-state index contributed by atoms with van der Waals surface area (Å²) in [7, 11) is 2.15. The molecule has 1 aromatic heterocycles. The molecule has 0 bridgehead atoms. The Morgan fingerprint density at radius 1 is 1.25 bits per heavy atom. The predicted octanol–water partition coefficient (Wildman–Crippen LogP) is 1.41. The lowest BCUT2D eigenvalue weighted by molar-refractivity contribution is -0.116. The summed E-state index contributed by atoms with van der Waals surface area (Å²) in [4.78, 5) is 25.5. The van der Waals surface area contributed by atoms with Gasteiger partial charge < -0.3 is 20.2 Å². The number of hydrogen-bond donors (Lipinski definition) is 2. The van der Waals surface area contributed by atoms with Crippen LogP contribution in [0.15, 0.2) is 42.7 Å². The van der Waals surface area contributed by atoms with Gasteiger partial charge in [0.05, 0.1) is 24.7 Å². The average Bonchev–Trinajstić information content (AvgIpc) is 2.95. The predicted molar refractivity (Wildman–Crippen MR) is 111 cm³/mol. The molecule has 1 aromatic carbocycles. The first-order valence-corrected chi connectivity index (χ1v) is 9.58. The molecule has 1 aliphatic rings. The second kappa shape index (κ2) is 9.96. The number of carbonyl (C=O) groups excluding carboxylic acids is 1. The molecule has 2 N–H and O–H groups in total. The number of nitrogens with one attached hydrogen (secondary N) is 1. The quantitative estimate of drug-likeness (QED) is 0.737. The van der Waals surface area contributed by atoms with Crippen molar-refractivity contribution in [2.75, 3.05) is 51.3 Å². The number of carbonyl (C=O) groups is 1. The Bertz CT molecular complexity index is 824. The molecule has 3 rings (SSSR count). The fourth-order valence-electron chi connectivity index (χ4n) is 3.13. The zero-order chi connectivity index (χ0) is 19.8. The van der Waals surface area contributed by atoms with Crippen LogP contribution in [-0.4, -0.2) is 72.3 Å². The van der Waals surface area contributed by atoms with Crippen LogP contribution in [-0.2, 0) is 4.79 Å². The number of anilines is 1. The Morgan fingerprint density at radius 2 is 2.14 bits per heavy atom. The maximum absolute atomic E-state index is 11.7. The van der Waals surface area contributed by atoms with E-state index in [0.29, 0.717) is 0 Å². The van der Waals surface area contributed by atoms with Crippen LogP contribution in [0.3, 0.4) is 0 Å². The van der Waals surface area contributed by atoms with Crippen molar-refractivity contribution < 1.29 is 9.90 Å². The topological polar surface area (TPSA) is 81.6 Å². The van der Waals surface area contributed by atoms with Crippen LogP contribution in [0.1, 0.15) is 12.0 Å². The van der Waals surface area contributed by atoms with E-state index in [4.69, 9.17) is 10.1 Å². The van der Waals surface area contributed by atoms with Gasteiger partial charge in [-0.1, -0.05) is 18.2 Å². The van der Waals surface area contributed by atoms with Crippen molar-refractivity contribution in [2.24, 2.45) is 0 Å². The van der Waals surface area contributed by atoms with Gasteiger partial charge in [0, 0.05) is 37.8 Å². The van der Waals surface area contributed by atoms with Crippen LogP contribution < -0.4 is 10.2 Å². The molecule has 0 radical (unpaired) electrons. The van der Waals surface area contributed by atoms with E-state index >= 15 is 0 Å². The van der Waals surface area contributed by atoms with Gasteiger partial charge >= 0.3 is 0 Å². The first kappa shape index (κ1) is 20.0. The van der Waals surface area contributed by atoms with Crippen LogP contribution in [0, 0.1) is 0 Å². The highest BCUT2D eigenvalue weighted by Gasteiger charge is 2.14. The smallest absolute Gasteiger partial charge is 0.244 e. The number of aromatic nitrogens is 2. The number of aliphatic hydroxyl groups is 1. The molecular formula is C21H27N5O2. The number of hydrogen-bond acceptors (Lipinski definition) is 6. The number of rotatable bonds is 6. The van der Waals surface area contributed by atoms with Gasteiger partial charge in [0.15, 0.2) is 0 Å². The minimum atomic E-state index is -0.229. The van der Waals surface area contributed by atoms with E-state index in [9.17, 15) is 4.79 Å². The molecule has 0 saturated carbocycles. The Labute approximate surface area is 165 Å². The number of amides is 1. The summed E-state index contributed by atoms with van der Waals surface area (Å²) in [5.74, 6) is 0.671. The minimum absolute atomic E-state index is 0.0720. The largest absolute Gasteiger partial charge is 0.395 e. The monoisotopic (exact) mass is 381 g/mol. The van der Waals surface area contributed by atoms with Crippen molar-refractivity contribution in [3.63, 3.8) is 0 Å². The second-order valence-corrected chi connectivity index (χ2v) is 6.88. The number of aliphatic hydroxyl groups excluding tert-OH is 1. The van der Waals surface area contributed by atoms with Crippen molar-refractivity contribution in [2.45, 2.75) is 6.42 Å². The van der Waals surface area contributed by atoms with Crippen molar-refractivity contribution in [3.05, 3.63) is 48.3 Å². The fourth-order valence-corrected chi connectivity index (χ4v) is 3.13.